The lowest BCUT2D eigenvalue weighted by Gasteiger charge is -2.19. The molecule has 1 rings (SSSR count). The number of aliphatic imine (C=N–C) groups is 1. The molecular weight excluding hydrogens is 449 g/mol. The van der Waals surface area contributed by atoms with E-state index in [-0.39, 0.29) is 24.0 Å². The molecule has 0 aliphatic heterocycles. The molecular formula is C16H32IN7O2. The Balaban J connectivity index is 0.00000625. The van der Waals surface area contributed by atoms with Gasteiger partial charge in [0.2, 0.25) is 0 Å². The molecule has 1 heterocycles. The van der Waals surface area contributed by atoms with Gasteiger partial charge in [-0.1, -0.05) is 0 Å². The predicted octanol–water partition coefficient (Wildman–Crippen LogP) is 1.76. The van der Waals surface area contributed by atoms with Gasteiger partial charge in [-0.3, -0.25) is 4.99 Å². The molecule has 0 aliphatic rings. The summed E-state index contributed by atoms with van der Waals surface area (Å²) < 4.78 is 7.13. The first-order valence-electron chi connectivity index (χ1n) is 8.72. The number of ether oxygens (including phenoxy) is 1. The van der Waals surface area contributed by atoms with Crippen molar-refractivity contribution in [3.63, 3.8) is 0 Å². The lowest BCUT2D eigenvalue weighted by Crippen LogP contribution is -2.42. The predicted molar refractivity (Wildman–Crippen MR) is 113 cm³/mol. The molecule has 1 aromatic rings. The molecule has 0 atom stereocenters. The van der Waals surface area contributed by atoms with Crippen LogP contribution < -0.4 is 16.0 Å². The molecule has 0 fully saturated rings. The number of hydrogen-bond acceptors (Lipinski definition) is 5. The number of guanidine groups is 1. The average molecular weight is 481 g/mol. The van der Waals surface area contributed by atoms with Crippen molar-refractivity contribution in [2.24, 2.45) is 4.99 Å². The summed E-state index contributed by atoms with van der Waals surface area (Å²) in [5.41, 5.74) is -0.485. The van der Waals surface area contributed by atoms with E-state index in [1.807, 2.05) is 32.3 Å². The Labute approximate surface area is 172 Å². The van der Waals surface area contributed by atoms with E-state index in [0.29, 0.717) is 13.1 Å². The van der Waals surface area contributed by atoms with E-state index in [4.69, 9.17) is 4.74 Å². The first-order valence-corrected chi connectivity index (χ1v) is 8.72. The Morgan fingerprint density at radius 3 is 2.38 bits per heavy atom. The summed E-state index contributed by atoms with van der Waals surface area (Å²) in [5.74, 6) is 0.748. The lowest BCUT2D eigenvalue weighted by atomic mass is 10.2. The second-order valence-electron chi connectivity index (χ2n) is 6.52. The minimum absolute atomic E-state index is 0. The van der Waals surface area contributed by atoms with Gasteiger partial charge in [-0.15, -0.1) is 34.2 Å². The average Bonchev–Trinajstić information content (AvgIpc) is 3.02. The second kappa shape index (κ2) is 13.6. The summed E-state index contributed by atoms with van der Waals surface area (Å²) in [5, 5.41) is 16.6. The maximum Gasteiger partial charge on any atom is 0.407 e. The van der Waals surface area contributed by atoms with Crippen molar-refractivity contribution in [1.29, 1.82) is 0 Å². The maximum atomic E-state index is 11.6. The van der Waals surface area contributed by atoms with Crippen LogP contribution in [0, 0.1) is 0 Å². The topological polar surface area (TPSA) is 105 Å². The van der Waals surface area contributed by atoms with Gasteiger partial charge in [0, 0.05) is 32.7 Å². The molecule has 0 saturated heterocycles. The summed E-state index contributed by atoms with van der Waals surface area (Å²) in [6, 6.07) is 0. The van der Waals surface area contributed by atoms with Crippen LogP contribution in [0.25, 0.3) is 0 Å². The fourth-order valence-corrected chi connectivity index (χ4v) is 1.94. The number of aromatic nitrogens is 3. The number of aryl methyl sites for hydroxylation is 1. The number of alkyl carbamates (subject to hydrolysis) is 1. The highest BCUT2D eigenvalue weighted by Crippen LogP contribution is 2.05. The molecule has 1 aromatic heterocycles. The van der Waals surface area contributed by atoms with Crippen LogP contribution in [-0.2, 0) is 11.3 Å². The van der Waals surface area contributed by atoms with Gasteiger partial charge in [0.05, 0.1) is 0 Å². The highest BCUT2D eigenvalue weighted by molar-refractivity contribution is 14.0. The molecule has 9 nitrogen and oxygen atoms in total. The first-order chi connectivity index (χ1) is 11.9. The number of nitrogens with zero attached hydrogens (tertiary/aromatic N) is 4. The van der Waals surface area contributed by atoms with E-state index in [1.54, 1.807) is 12.7 Å². The van der Waals surface area contributed by atoms with E-state index in [0.717, 1.165) is 38.4 Å². The molecule has 0 saturated carbocycles. The van der Waals surface area contributed by atoms with Gasteiger partial charge < -0.3 is 25.3 Å². The zero-order chi connectivity index (χ0) is 18.5. The molecule has 150 valence electrons. The minimum atomic E-state index is -0.485. The number of hydrogen-bond donors (Lipinski definition) is 3. The number of rotatable bonds is 9. The molecule has 1 amide bonds. The van der Waals surface area contributed by atoms with Crippen LogP contribution in [0.1, 0.15) is 40.5 Å². The standard InChI is InChI=1S/C16H31N7O2.HI/c1-5-17-14(18-8-6-7-11-23-12-21-22-13-23)19-9-10-20-15(24)25-16(2,3)4;/h12-13H,5-11H2,1-4H3,(H,20,24)(H2,17,18,19);1H. The van der Waals surface area contributed by atoms with Crippen molar-refractivity contribution < 1.29 is 9.53 Å². The third kappa shape index (κ3) is 12.7. The van der Waals surface area contributed by atoms with Crippen LogP contribution >= 0.6 is 24.0 Å². The third-order valence-electron chi connectivity index (χ3n) is 2.99. The number of carbonyl (C=O) groups is 1. The third-order valence-corrected chi connectivity index (χ3v) is 2.99. The minimum Gasteiger partial charge on any atom is -0.444 e. The van der Waals surface area contributed by atoms with Crippen molar-refractivity contribution in [2.75, 3.05) is 26.2 Å². The zero-order valence-corrected chi connectivity index (χ0v) is 18.4. The molecule has 10 heteroatoms. The Morgan fingerprint density at radius 1 is 1.12 bits per heavy atom. The Bertz CT molecular complexity index is 515. The quantitative estimate of drug-likeness (QED) is 0.215. The fourth-order valence-electron chi connectivity index (χ4n) is 1.94. The van der Waals surface area contributed by atoms with Crippen LogP contribution in [0.15, 0.2) is 17.6 Å². The highest BCUT2D eigenvalue weighted by Gasteiger charge is 2.15. The second-order valence-corrected chi connectivity index (χ2v) is 6.52. The van der Waals surface area contributed by atoms with Gasteiger partial charge in [-0.25, -0.2) is 4.79 Å². The Hall–Kier alpha value is -1.59. The fraction of sp³-hybridized carbons (Fsp3) is 0.750. The molecule has 0 aliphatic carbocycles. The van der Waals surface area contributed by atoms with Gasteiger partial charge in [0.15, 0.2) is 5.96 Å². The summed E-state index contributed by atoms with van der Waals surface area (Å²) in [6.45, 7) is 11.0. The highest BCUT2D eigenvalue weighted by atomic mass is 127. The number of carbonyl (C=O) groups excluding carboxylic acids is 1. The van der Waals surface area contributed by atoms with Gasteiger partial charge in [-0.05, 0) is 40.5 Å². The van der Waals surface area contributed by atoms with E-state index in [2.05, 4.69) is 31.1 Å². The van der Waals surface area contributed by atoms with Crippen LogP contribution in [-0.4, -0.2) is 58.6 Å². The number of halogens is 1. The van der Waals surface area contributed by atoms with E-state index in [9.17, 15) is 4.79 Å². The van der Waals surface area contributed by atoms with E-state index >= 15 is 0 Å². The monoisotopic (exact) mass is 481 g/mol. The van der Waals surface area contributed by atoms with Crippen molar-refractivity contribution >= 4 is 36.0 Å². The molecule has 3 N–H and O–H groups in total. The van der Waals surface area contributed by atoms with Crippen LogP contribution in [0.4, 0.5) is 4.79 Å². The Kier molecular flexibility index (Phi) is 12.8. The molecule has 26 heavy (non-hydrogen) atoms. The van der Waals surface area contributed by atoms with Crippen LogP contribution in [0.2, 0.25) is 0 Å². The summed E-state index contributed by atoms with van der Waals surface area (Å²) in [4.78, 5) is 16.1. The SMILES string of the molecule is CCNC(=NCCCCn1cnnc1)NCCNC(=O)OC(C)(C)C.I. The summed E-state index contributed by atoms with van der Waals surface area (Å²) in [7, 11) is 0. The Morgan fingerprint density at radius 2 is 1.77 bits per heavy atom. The molecule has 0 spiro atoms. The van der Waals surface area contributed by atoms with Gasteiger partial charge in [0.25, 0.3) is 0 Å². The summed E-state index contributed by atoms with van der Waals surface area (Å²) >= 11 is 0. The molecule has 0 unspecified atom stereocenters. The smallest absolute Gasteiger partial charge is 0.407 e. The first kappa shape index (κ1) is 24.4. The summed E-state index contributed by atoms with van der Waals surface area (Å²) in [6.07, 6.45) is 5.01. The van der Waals surface area contributed by atoms with Crippen molar-refractivity contribution in [3.8, 4) is 0 Å². The van der Waals surface area contributed by atoms with Crippen LogP contribution in [0.5, 0.6) is 0 Å². The van der Waals surface area contributed by atoms with Gasteiger partial charge >= 0.3 is 6.09 Å². The lowest BCUT2D eigenvalue weighted by molar-refractivity contribution is 0.0529. The van der Waals surface area contributed by atoms with E-state index < -0.39 is 11.7 Å². The van der Waals surface area contributed by atoms with E-state index in [1.165, 1.54) is 0 Å². The van der Waals surface area contributed by atoms with Crippen molar-refractivity contribution in [2.45, 2.75) is 52.7 Å². The number of nitrogens with one attached hydrogen (secondary N) is 3. The zero-order valence-electron chi connectivity index (χ0n) is 16.1. The van der Waals surface area contributed by atoms with Crippen LogP contribution in [0.3, 0.4) is 0 Å². The number of amides is 1. The van der Waals surface area contributed by atoms with Crippen molar-refractivity contribution in [1.82, 2.24) is 30.7 Å². The number of unbranched alkanes of at least 4 members (excludes halogenated alkanes) is 1. The largest absolute Gasteiger partial charge is 0.444 e. The molecule has 0 aromatic carbocycles. The molecule has 0 bridgehead atoms. The van der Waals surface area contributed by atoms with Gasteiger partial charge in [0.1, 0.15) is 18.3 Å². The molecule has 0 radical (unpaired) electrons. The van der Waals surface area contributed by atoms with Crippen molar-refractivity contribution in [3.05, 3.63) is 12.7 Å². The van der Waals surface area contributed by atoms with Gasteiger partial charge in [-0.2, -0.15) is 0 Å². The maximum absolute atomic E-state index is 11.6. The normalized spacial score (nSPS) is 11.5.